The molecule has 0 aromatic rings. The molecule has 0 N–H and O–H groups in total. The van der Waals surface area contributed by atoms with E-state index < -0.39 is 12.1 Å². The lowest BCUT2D eigenvalue weighted by atomic mass is 9.97. The van der Waals surface area contributed by atoms with Crippen LogP contribution in [0.25, 0.3) is 0 Å². The van der Waals surface area contributed by atoms with Crippen molar-refractivity contribution in [2.45, 2.75) is 18.5 Å². The molecule has 0 spiro atoms. The van der Waals surface area contributed by atoms with Crippen LogP contribution in [0, 0.1) is 0 Å². The van der Waals surface area contributed by atoms with Gasteiger partial charge in [-0.2, -0.15) is 0 Å². The molecule has 1 saturated heterocycles. The summed E-state index contributed by atoms with van der Waals surface area (Å²) >= 11 is 0. The Morgan fingerprint density at radius 3 is 3.00 bits per heavy atom. The number of hydrogen-bond acceptors (Lipinski definition) is 3. The van der Waals surface area contributed by atoms with Gasteiger partial charge >= 0.3 is 0 Å². The Kier molecular flexibility index (Phi) is 2.46. The highest BCUT2D eigenvalue weighted by atomic mass is 16.5. The molecular formula is C6H9BO3. The average molecular weight is 140 g/mol. The Bertz CT molecular complexity index is 137. The van der Waals surface area contributed by atoms with Crippen molar-refractivity contribution in [3.05, 3.63) is 0 Å². The first-order chi connectivity index (χ1) is 4.74. The van der Waals surface area contributed by atoms with E-state index in [0.29, 0.717) is 13.0 Å². The first-order valence-electron chi connectivity index (χ1n) is 3.16. The summed E-state index contributed by atoms with van der Waals surface area (Å²) < 4.78 is 9.76. The molecule has 2 atom stereocenters. The fraction of sp³-hybridized carbons (Fsp3) is 0.833. The Balaban J connectivity index is 2.39. The van der Waals surface area contributed by atoms with Gasteiger partial charge in [-0.15, -0.1) is 0 Å². The highest BCUT2D eigenvalue weighted by molar-refractivity contribution is 6.14. The molecule has 3 nitrogen and oxygen atoms in total. The van der Waals surface area contributed by atoms with E-state index in [1.165, 1.54) is 7.11 Å². The predicted octanol–water partition coefficient (Wildman–Crippen LogP) is -0.515. The third-order valence-electron chi connectivity index (χ3n) is 1.42. The van der Waals surface area contributed by atoms with Crippen molar-refractivity contribution in [3.8, 4) is 0 Å². The molecule has 0 aliphatic carbocycles. The number of hydrogen-bond donors (Lipinski definition) is 0. The molecule has 1 fully saturated rings. The summed E-state index contributed by atoms with van der Waals surface area (Å²) in [6.07, 6.45) is -0.117. The zero-order chi connectivity index (χ0) is 7.56. The van der Waals surface area contributed by atoms with Gasteiger partial charge in [-0.05, 0) is 0 Å². The van der Waals surface area contributed by atoms with Crippen molar-refractivity contribution in [1.29, 1.82) is 0 Å². The second kappa shape index (κ2) is 3.17. The van der Waals surface area contributed by atoms with Crippen LogP contribution in [0.5, 0.6) is 0 Å². The van der Waals surface area contributed by atoms with E-state index >= 15 is 0 Å². The molecule has 1 unspecified atom stereocenters. The summed E-state index contributed by atoms with van der Waals surface area (Å²) in [4.78, 5) is 10.9. The van der Waals surface area contributed by atoms with Crippen LogP contribution in [0.3, 0.4) is 0 Å². The van der Waals surface area contributed by atoms with Gasteiger partial charge < -0.3 is 9.47 Å². The molecule has 1 heterocycles. The molecule has 0 aromatic carbocycles. The fourth-order valence-corrected chi connectivity index (χ4v) is 0.948. The van der Waals surface area contributed by atoms with Crippen LogP contribution in [0.2, 0.25) is 0 Å². The van der Waals surface area contributed by atoms with Crippen molar-refractivity contribution in [3.63, 3.8) is 0 Å². The first kappa shape index (κ1) is 7.76. The molecule has 10 heavy (non-hydrogen) atoms. The molecule has 4 heteroatoms. The summed E-state index contributed by atoms with van der Waals surface area (Å²) in [5.41, 5.74) is 0. The minimum atomic E-state index is -0.431. The van der Waals surface area contributed by atoms with Crippen molar-refractivity contribution in [2.24, 2.45) is 0 Å². The molecule has 0 aromatic heterocycles. The standard InChI is InChI=1S/C6H9BO3/c1-9-3-5-4(8)2-6(7)10-5/h5-6H,2-3H2,1H3/t5?,6-/m1/s1. The lowest BCUT2D eigenvalue weighted by Crippen LogP contribution is -2.21. The first-order valence-corrected chi connectivity index (χ1v) is 3.16. The summed E-state index contributed by atoms with van der Waals surface area (Å²) in [6.45, 7) is 0.312. The molecule has 0 amide bonds. The minimum absolute atomic E-state index is 0.0364. The summed E-state index contributed by atoms with van der Waals surface area (Å²) in [6, 6.07) is -0.423. The maximum Gasteiger partial charge on any atom is 0.165 e. The molecule has 1 rings (SSSR count). The van der Waals surface area contributed by atoms with Gasteiger partial charge in [-0.25, -0.2) is 0 Å². The largest absolute Gasteiger partial charge is 0.382 e. The smallest absolute Gasteiger partial charge is 0.165 e. The van der Waals surface area contributed by atoms with E-state index in [9.17, 15) is 4.79 Å². The van der Waals surface area contributed by atoms with Crippen LogP contribution >= 0.6 is 0 Å². The summed E-state index contributed by atoms with van der Waals surface area (Å²) in [7, 11) is 6.88. The van der Waals surface area contributed by atoms with Gasteiger partial charge in [0.15, 0.2) is 5.78 Å². The molecule has 2 radical (unpaired) electrons. The zero-order valence-corrected chi connectivity index (χ0v) is 5.87. The second-order valence-electron chi connectivity index (χ2n) is 2.29. The molecule has 54 valence electrons. The van der Waals surface area contributed by atoms with Crippen molar-refractivity contribution in [2.75, 3.05) is 13.7 Å². The molecule has 1 aliphatic heterocycles. The normalized spacial score (nSPS) is 33.1. The number of carbonyl (C=O) groups is 1. The average Bonchev–Trinajstić information content (AvgIpc) is 2.13. The van der Waals surface area contributed by atoms with Crippen molar-refractivity contribution >= 4 is 13.6 Å². The Morgan fingerprint density at radius 1 is 1.90 bits per heavy atom. The van der Waals surface area contributed by atoms with Gasteiger partial charge in [0.2, 0.25) is 0 Å². The fourth-order valence-electron chi connectivity index (χ4n) is 0.948. The van der Waals surface area contributed by atoms with Crippen molar-refractivity contribution in [1.82, 2.24) is 0 Å². The second-order valence-corrected chi connectivity index (χ2v) is 2.29. The molecule has 0 bridgehead atoms. The zero-order valence-electron chi connectivity index (χ0n) is 5.87. The topological polar surface area (TPSA) is 35.5 Å². The van der Waals surface area contributed by atoms with E-state index in [1.807, 2.05) is 0 Å². The quantitative estimate of drug-likeness (QED) is 0.484. The van der Waals surface area contributed by atoms with E-state index in [-0.39, 0.29) is 5.78 Å². The number of Topliss-reactive ketones (excluding diaryl/α,β-unsaturated/α-hetero) is 1. The Morgan fingerprint density at radius 2 is 2.60 bits per heavy atom. The van der Waals surface area contributed by atoms with Gasteiger partial charge in [0.1, 0.15) is 14.0 Å². The molecular weight excluding hydrogens is 131 g/mol. The predicted molar refractivity (Wildman–Crippen MR) is 35.9 cm³/mol. The van der Waals surface area contributed by atoms with Gasteiger partial charge in [0.25, 0.3) is 0 Å². The third kappa shape index (κ3) is 1.58. The van der Waals surface area contributed by atoms with E-state index in [0.717, 1.165) is 0 Å². The summed E-state index contributed by atoms with van der Waals surface area (Å²) in [5.74, 6) is 0.0364. The number of rotatable bonds is 2. The maximum atomic E-state index is 10.9. The number of ketones is 1. The van der Waals surface area contributed by atoms with Crippen LogP contribution in [0.15, 0.2) is 0 Å². The van der Waals surface area contributed by atoms with Crippen LogP contribution in [0.1, 0.15) is 6.42 Å². The molecule has 0 saturated carbocycles. The van der Waals surface area contributed by atoms with Crippen molar-refractivity contribution < 1.29 is 14.3 Å². The van der Waals surface area contributed by atoms with Gasteiger partial charge in [0.05, 0.1) is 6.61 Å². The van der Waals surface area contributed by atoms with Crippen LogP contribution in [-0.2, 0) is 14.3 Å². The Hall–Kier alpha value is -0.345. The van der Waals surface area contributed by atoms with Crippen LogP contribution in [-0.4, -0.2) is 39.5 Å². The van der Waals surface area contributed by atoms with E-state index in [4.69, 9.17) is 17.3 Å². The SMILES string of the molecule is [B][C@H]1CC(=O)C(COC)O1. The Labute approximate surface area is 61.1 Å². The minimum Gasteiger partial charge on any atom is -0.382 e. The third-order valence-corrected chi connectivity index (χ3v) is 1.42. The highest BCUT2D eigenvalue weighted by Gasteiger charge is 2.29. The monoisotopic (exact) mass is 140 g/mol. The highest BCUT2D eigenvalue weighted by Crippen LogP contribution is 2.13. The maximum absolute atomic E-state index is 10.9. The van der Waals surface area contributed by atoms with Gasteiger partial charge in [-0.1, -0.05) is 0 Å². The van der Waals surface area contributed by atoms with Crippen LogP contribution in [0.4, 0.5) is 0 Å². The van der Waals surface area contributed by atoms with Gasteiger partial charge in [0, 0.05) is 19.5 Å². The number of carbonyl (C=O) groups excluding carboxylic acids is 1. The van der Waals surface area contributed by atoms with Crippen LogP contribution < -0.4 is 0 Å². The molecule has 1 aliphatic rings. The van der Waals surface area contributed by atoms with E-state index in [1.54, 1.807) is 0 Å². The lowest BCUT2D eigenvalue weighted by Gasteiger charge is -2.06. The van der Waals surface area contributed by atoms with Gasteiger partial charge in [-0.3, -0.25) is 4.79 Å². The lowest BCUT2D eigenvalue weighted by molar-refractivity contribution is -0.124. The number of ether oxygens (including phenoxy) is 2. The number of methoxy groups -OCH3 is 1. The summed E-state index contributed by atoms with van der Waals surface area (Å²) in [5, 5.41) is 0. The van der Waals surface area contributed by atoms with E-state index in [2.05, 4.69) is 0 Å².